The summed E-state index contributed by atoms with van der Waals surface area (Å²) >= 11 is 1.71. The Morgan fingerprint density at radius 2 is 2.12 bits per heavy atom. The lowest BCUT2D eigenvalue weighted by atomic mass is 10.2. The van der Waals surface area contributed by atoms with Crippen LogP contribution in [0.4, 0.5) is 0 Å². The maximum Gasteiger partial charge on any atom is 0.307 e. The van der Waals surface area contributed by atoms with Crippen molar-refractivity contribution in [1.82, 2.24) is 5.32 Å². The van der Waals surface area contributed by atoms with Crippen LogP contribution < -0.4 is 5.32 Å². The van der Waals surface area contributed by atoms with Gasteiger partial charge in [0, 0.05) is 13.1 Å². The average Bonchev–Trinajstić information content (AvgIpc) is 2.56. The Kier molecular flexibility index (Phi) is 5.15. The molecule has 0 aliphatic carbocycles. The molecule has 17 heavy (non-hydrogen) atoms. The maximum absolute atomic E-state index is 11.4. The highest BCUT2D eigenvalue weighted by molar-refractivity contribution is 7.08. The van der Waals surface area contributed by atoms with Crippen molar-refractivity contribution in [3.8, 4) is 0 Å². The Balaban J connectivity index is 2.17. The van der Waals surface area contributed by atoms with E-state index in [4.69, 9.17) is 4.74 Å². The summed E-state index contributed by atoms with van der Waals surface area (Å²) < 4.78 is 5.22. The molecule has 1 heterocycles. The number of hydrogen-bond acceptors (Lipinski definition) is 4. The summed E-state index contributed by atoms with van der Waals surface area (Å²) in [6.45, 7) is 9.22. The molecular formula is C13H21NO2S. The van der Waals surface area contributed by atoms with E-state index in [1.807, 2.05) is 20.8 Å². The molecule has 3 nitrogen and oxygen atoms in total. The monoisotopic (exact) mass is 255 g/mol. The molecule has 4 heteroatoms. The first-order valence-corrected chi connectivity index (χ1v) is 6.77. The van der Waals surface area contributed by atoms with Gasteiger partial charge in [-0.25, -0.2) is 0 Å². The first-order valence-electron chi connectivity index (χ1n) is 5.83. The SMILES string of the molecule is Cc1cscc1CNCCC(=O)OC(C)(C)C. The number of thiophene rings is 1. The zero-order valence-corrected chi connectivity index (χ0v) is 11.8. The molecule has 96 valence electrons. The molecule has 0 atom stereocenters. The van der Waals surface area contributed by atoms with Gasteiger partial charge in [0.1, 0.15) is 5.60 Å². The summed E-state index contributed by atoms with van der Waals surface area (Å²) in [4.78, 5) is 11.4. The van der Waals surface area contributed by atoms with E-state index < -0.39 is 0 Å². The number of esters is 1. The lowest BCUT2D eigenvalue weighted by Gasteiger charge is -2.19. The largest absolute Gasteiger partial charge is 0.460 e. The number of aryl methyl sites for hydroxylation is 1. The van der Waals surface area contributed by atoms with Gasteiger partial charge >= 0.3 is 5.97 Å². The van der Waals surface area contributed by atoms with E-state index in [1.165, 1.54) is 11.1 Å². The van der Waals surface area contributed by atoms with Crippen molar-refractivity contribution in [2.24, 2.45) is 0 Å². The van der Waals surface area contributed by atoms with E-state index in [-0.39, 0.29) is 11.6 Å². The van der Waals surface area contributed by atoms with Crippen LogP contribution in [0.3, 0.4) is 0 Å². The van der Waals surface area contributed by atoms with Crippen LogP contribution in [-0.2, 0) is 16.1 Å². The van der Waals surface area contributed by atoms with Gasteiger partial charge in [-0.05, 0) is 49.6 Å². The molecule has 0 bridgehead atoms. The molecule has 0 radical (unpaired) electrons. The predicted molar refractivity (Wildman–Crippen MR) is 71.2 cm³/mol. The number of carbonyl (C=O) groups excluding carboxylic acids is 1. The molecule has 0 unspecified atom stereocenters. The predicted octanol–water partition coefficient (Wildman–Crippen LogP) is 2.88. The lowest BCUT2D eigenvalue weighted by Crippen LogP contribution is -2.26. The fraction of sp³-hybridized carbons (Fsp3) is 0.615. The van der Waals surface area contributed by atoms with E-state index in [0.717, 1.165) is 6.54 Å². The second-order valence-corrected chi connectivity index (χ2v) is 5.84. The molecule has 0 saturated carbocycles. The van der Waals surface area contributed by atoms with Crippen molar-refractivity contribution in [1.29, 1.82) is 0 Å². The van der Waals surface area contributed by atoms with Gasteiger partial charge in [0.05, 0.1) is 6.42 Å². The average molecular weight is 255 g/mol. The minimum Gasteiger partial charge on any atom is -0.460 e. The number of nitrogens with one attached hydrogen (secondary N) is 1. The zero-order valence-electron chi connectivity index (χ0n) is 11.0. The van der Waals surface area contributed by atoms with Crippen molar-refractivity contribution in [2.75, 3.05) is 6.54 Å². The number of ether oxygens (including phenoxy) is 1. The van der Waals surface area contributed by atoms with Crippen molar-refractivity contribution >= 4 is 17.3 Å². The fourth-order valence-corrected chi connectivity index (χ4v) is 2.23. The molecule has 0 fully saturated rings. The minimum absolute atomic E-state index is 0.146. The van der Waals surface area contributed by atoms with Crippen molar-refractivity contribution < 1.29 is 9.53 Å². The maximum atomic E-state index is 11.4. The van der Waals surface area contributed by atoms with Gasteiger partial charge in [-0.1, -0.05) is 0 Å². The van der Waals surface area contributed by atoms with Crippen LogP contribution in [0.15, 0.2) is 10.8 Å². The van der Waals surface area contributed by atoms with Crippen LogP contribution >= 0.6 is 11.3 Å². The van der Waals surface area contributed by atoms with Crippen LogP contribution in [0, 0.1) is 6.92 Å². The van der Waals surface area contributed by atoms with Crippen molar-refractivity contribution in [3.05, 3.63) is 21.9 Å². The van der Waals surface area contributed by atoms with Gasteiger partial charge in [-0.15, -0.1) is 0 Å². The quantitative estimate of drug-likeness (QED) is 0.649. The van der Waals surface area contributed by atoms with E-state index in [9.17, 15) is 4.79 Å². The lowest BCUT2D eigenvalue weighted by molar-refractivity contribution is -0.154. The zero-order chi connectivity index (χ0) is 12.9. The molecule has 1 N–H and O–H groups in total. The highest BCUT2D eigenvalue weighted by Crippen LogP contribution is 2.13. The topological polar surface area (TPSA) is 38.3 Å². The molecule has 1 aromatic heterocycles. The van der Waals surface area contributed by atoms with Crippen molar-refractivity contribution in [3.63, 3.8) is 0 Å². The minimum atomic E-state index is -0.388. The Bertz CT molecular complexity index is 366. The number of hydrogen-bond donors (Lipinski definition) is 1. The number of rotatable bonds is 5. The molecule has 0 aromatic carbocycles. The second-order valence-electron chi connectivity index (χ2n) is 5.09. The standard InChI is InChI=1S/C13H21NO2S/c1-10-8-17-9-11(10)7-14-6-5-12(15)16-13(2,3)4/h8-9,14H,5-7H2,1-4H3. The Morgan fingerprint density at radius 1 is 1.41 bits per heavy atom. The molecule has 0 saturated heterocycles. The summed E-state index contributed by atoms with van der Waals surface area (Å²) in [6.07, 6.45) is 0.417. The van der Waals surface area contributed by atoms with Gasteiger partial charge in [-0.2, -0.15) is 11.3 Å². The van der Waals surface area contributed by atoms with Gasteiger partial charge < -0.3 is 10.1 Å². The van der Waals surface area contributed by atoms with Crippen molar-refractivity contribution in [2.45, 2.75) is 46.3 Å². The first kappa shape index (κ1) is 14.2. The van der Waals surface area contributed by atoms with Gasteiger partial charge in [0.2, 0.25) is 0 Å². The van der Waals surface area contributed by atoms with Crippen LogP contribution in [0.2, 0.25) is 0 Å². The van der Waals surface area contributed by atoms with Gasteiger partial charge in [0.25, 0.3) is 0 Å². The summed E-state index contributed by atoms with van der Waals surface area (Å²) in [5.74, 6) is -0.146. The second kappa shape index (κ2) is 6.17. The highest BCUT2D eigenvalue weighted by Gasteiger charge is 2.15. The Morgan fingerprint density at radius 3 is 2.65 bits per heavy atom. The molecule has 0 aliphatic heterocycles. The first-order chi connectivity index (χ1) is 7.88. The molecule has 1 rings (SSSR count). The molecule has 0 amide bonds. The molecule has 0 spiro atoms. The van der Waals surface area contributed by atoms with Crippen LogP contribution in [0.1, 0.15) is 38.3 Å². The summed E-state index contributed by atoms with van der Waals surface area (Å²) in [6, 6.07) is 0. The third-order valence-electron chi connectivity index (χ3n) is 2.20. The number of carbonyl (C=O) groups is 1. The van der Waals surface area contributed by atoms with E-state index in [2.05, 4.69) is 23.0 Å². The van der Waals surface area contributed by atoms with Crippen LogP contribution in [0.5, 0.6) is 0 Å². The third-order valence-corrected chi connectivity index (χ3v) is 3.11. The normalized spacial score (nSPS) is 11.5. The highest BCUT2D eigenvalue weighted by atomic mass is 32.1. The fourth-order valence-electron chi connectivity index (χ4n) is 1.37. The summed E-state index contributed by atoms with van der Waals surface area (Å²) in [7, 11) is 0. The van der Waals surface area contributed by atoms with E-state index in [0.29, 0.717) is 13.0 Å². The van der Waals surface area contributed by atoms with Gasteiger partial charge in [-0.3, -0.25) is 4.79 Å². The van der Waals surface area contributed by atoms with Crippen LogP contribution in [-0.4, -0.2) is 18.1 Å². The smallest absolute Gasteiger partial charge is 0.307 e. The molecule has 1 aromatic rings. The summed E-state index contributed by atoms with van der Waals surface area (Å²) in [5, 5.41) is 7.52. The van der Waals surface area contributed by atoms with E-state index >= 15 is 0 Å². The Labute approximate surface area is 107 Å². The van der Waals surface area contributed by atoms with E-state index in [1.54, 1.807) is 11.3 Å². The third kappa shape index (κ3) is 5.84. The Hall–Kier alpha value is -0.870. The van der Waals surface area contributed by atoms with Crippen LogP contribution in [0.25, 0.3) is 0 Å². The van der Waals surface area contributed by atoms with Gasteiger partial charge in [0.15, 0.2) is 0 Å². The molecule has 0 aliphatic rings. The summed E-state index contributed by atoms with van der Waals surface area (Å²) in [5.41, 5.74) is 2.22. The molecular weight excluding hydrogens is 234 g/mol.